The summed E-state index contributed by atoms with van der Waals surface area (Å²) < 4.78 is 5.46. The predicted molar refractivity (Wildman–Crippen MR) is 91.2 cm³/mol. The summed E-state index contributed by atoms with van der Waals surface area (Å²) in [6.45, 7) is 11.0. The summed E-state index contributed by atoms with van der Waals surface area (Å²) in [6, 6.07) is 0.137. The number of carbonyl (C=O) groups is 1. The Balaban J connectivity index is 2.37. The smallest absolute Gasteiger partial charge is 0.315 e. The first-order valence-corrected chi connectivity index (χ1v) is 8.44. The third-order valence-corrected chi connectivity index (χ3v) is 4.66. The highest BCUT2D eigenvalue weighted by atomic mass is 16.5. The molecule has 1 saturated heterocycles. The van der Waals surface area contributed by atoms with Crippen LogP contribution in [0, 0.1) is 5.41 Å². The molecule has 5 heteroatoms. The van der Waals surface area contributed by atoms with E-state index in [0.29, 0.717) is 12.0 Å². The number of carbonyl (C=O) groups excluding carboxylic acids is 1. The molecule has 0 aromatic carbocycles. The summed E-state index contributed by atoms with van der Waals surface area (Å²) in [7, 11) is 4.16. The molecule has 22 heavy (non-hydrogen) atoms. The lowest BCUT2D eigenvalue weighted by Gasteiger charge is -2.42. The molecule has 1 heterocycles. The summed E-state index contributed by atoms with van der Waals surface area (Å²) in [4.78, 5) is 14.3. The van der Waals surface area contributed by atoms with Crippen molar-refractivity contribution in [3.63, 3.8) is 0 Å². The number of hydrogen-bond acceptors (Lipinski definition) is 3. The Hall–Kier alpha value is -0.810. The van der Waals surface area contributed by atoms with E-state index < -0.39 is 0 Å². The van der Waals surface area contributed by atoms with Crippen LogP contribution in [0.1, 0.15) is 53.4 Å². The van der Waals surface area contributed by atoms with Crippen LogP contribution in [0.25, 0.3) is 0 Å². The van der Waals surface area contributed by atoms with Crippen molar-refractivity contribution in [1.29, 1.82) is 0 Å². The van der Waals surface area contributed by atoms with E-state index in [0.717, 1.165) is 38.9 Å². The topological polar surface area (TPSA) is 53.6 Å². The Labute approximate surface area is 136 Å². The third-order valence-electron chi connectivity index (χ3n) is 4.66. The van der Waals surface area contributed by atoms with Crippen LogP contribution in [0.5, 0.6) is 0 Å². The van der Waals surface area contributed by atoms with Crippen molar-refractivity contribution in [2.45, 2.75) is 65.0 Å². The van der Waals surface area contributed by atoms with Crippen LogP contribution < -0.4 is 10.6 Å². The quantitative estimate of drug-likeness (QED) is 0.792. The van der Waals surface area contributed by atoms with Gasteiger partial charge in [-0.3, -0.25) is 0 Å². The van der Waals surface area contributed by atoms with Crippen LogP contribution in [0.3, 0.4) is 0 Å². The molecule has 0 bridgehead atoms. The van der Waals surface area contributed by atoms with Crippen molar-refractivity contribution < 1.29 is 9.53 Å². The molecule has 5 nitrogen and oxygen atoms in total. The average molecular weight is 313 g/mol. The van der Waals surface area contributed by atoms with E-state index in [1.807, 2.05) is 0 Å². The first kappa shape index (κ1) is 19.2. The van der Waals surface area contributed by atoms with Crippen LogP contribution in [0.15, 0.2) is 0 Å². The van der Waals surface area contributed by atoms with E-state index in [2.05, 4.69) is 57.3 Å². The molecule has 2 N–H and O–H groups in total. The zero-order valence-corrected chi connectivity index (χ0v) is 15.3. The minimum atomic E-state index is -0.0610. The molecule has 0 aromatic rings. The largest absolute Gasteiger partial charge is 0.381 e. The fourth-order valence-electron chi connectivity index (χ4n) is 2.77. The van der Waals surface area contributed by atoms with Crippen molar-refractivity contribution in [3.05, 3.63) is 0 Å². The molecule has 130 valence electrons. The van der Waals surface area contributed by atoms with Crippen LogP contribution in [-0.4, -0.2) is 56.4 Å². The highest BCUT2D eigenvalue weighted by Crippen LogP contribution is 2.25. The Morgan fingerprint density at radius 2 is 1.86 bits per heavy atom. The summed E-state index contributed by atoms with van der Waals surface area (Å²) in [5, 5.41) is 6.10. The van der Waals surface area contributed by atoms with Gasteiger partial charge in [0, 0.05) is 31.3 Å². The number of ether oxygens (including phenoxy) is 1. The van der Waals surface area contributed by atoms with E-state index >= 15 is 0 Å². The van der Waals surface area contributed by atoms with Crippen molar-refractivity contribution in [3.8, 4) is 0 Å². The van der Waals surface area contributed by atoms with Crippen molar-refractivity contribution >= 4 is 6.03 Å². The van der Waals surface area contributed by atoms with Crippen LogP contribution in [0.4, 0.5) is 4.79 Å². The monoisotopic (exact) mass is 313 g/mol. The minimum absolute atomic E-state index is 0.0181. The van der Waals surface area contributed by atoms with Crippen LogP contribution >= 0.6 is 0 Å². The van der Waals surface area contributed by atoms with Gasteiger partial charge in [0.05, 0.1) is 0 Å². The second-order valence-corrected chi connectivity index (χ2v) is 8.06. The zero-order valence-electron chi connectivity index (χ0n) is 15.3. The van der Waals surface area contributed by atoms with E-state index in [4.69, 9.17) is 4.74 Å². The number of amides is 2. The Bertz CT molecular complexity index is 344. The molecular formula is C17H35N3O2. The molecule has 0 radical (unpaired) electrons. The van der Waals surface area contributed by atoms with Gasteiger partial charge in [0.15, 0.2) is 0 Å². The summed E-state index contributed by atoms with van der Waals surface area (Å²) in [5.41, 5.74) is 0.327. The van der Waals surface area contributed by atoms with Crippen molar-refractivity contribution in [2.75, 3.05) is 33.9 Å². The van der Waals surface area contributed by atoms with Crippen LogP contribution in [-0.2, 0) is 4.74 Å². The maximum Gasteiger partial charge on any atom is 0.315 e. The summed E-state index contributed by atoms with van der Waals surface area (Å²) in [6.07, 6.45) is 4.02. The van der Waals surface area contributed by atoms with Gasteiger partial charge in [-0.15, -0.1) is 0 Å². The normalized spacial score (nSPS) is 19.8. The molecule has 0 spiro atoms. The molecular weight excluding hydrogens is 278 g/mol. The Morgan fingerprint density at radius 3 is 2.36 bits per heavy atom. The van der Waals surface area contributed by atoms with Gasteiger partial charge >= 0.3 is 6.03 Å². The van der Waals surface area contributed by atoms with E-state index in [1.165, 1.54) is 0 Å². The summed E-state index contributed by atoms with van der Waals surface area (Å²) in [5.74, 6) is 0. The van der Waals surface area contributed by atoms with Gasteiger partial charge in [-0.2, -0.15) is 0 Å². The van der Waals surface area contributed by atoms with E-state index in [9.17, 15) is 4.79 Å². The summed E-state index contributed by atoms with van der Waals surface area (Å²) >= 11 is 0. The van der Waals surface area contributed by atoms with E-state index in [1.54, 1.807) is 0 Å². The SMILES string of the molecule is C[C@@H](CCC(C)(C)C)NC(=O)NCC1(N(C)C)CCOCC1. The van der Waals surface area contributed by atoms with Crippen molar-refractivity contribution in [2.24, 2.45) is 5.41 Å². The second-order valence-electron chi connectivity index (χ2n) is 8.06. The molecule has 1 aliphatic heterocycles. The lowest BCUT2D eigenvalue weighted by molar-refractivity contribution is -0.00574. The lowest BCUT2D eigenvalue weighted by Crippen LogP contribution is -2.57. The standard InChI is InChI=1S/C17H35N3O2/c1-14(7-8-16(2,3)4)19-15(21)18-13-17(20(5)6)9-11-22-12-10-17/h14H,7-13H2,1-6H3,(H2,18,19,21)/t14-/m0/s1. The number of rotatable bonds is 6. The maximum atomic E-state index is 12.1. The molecule has 0 saturated carbocycles. The van der Waals surface area contributed by atoms with Gasteiger partial charge in [-0.1, -0.05) is 20.8 Å². The molecule has 1 fully saturated rings. The molecule has 1 aliphatic rings. The first-order chi connectivity index (χ1) is 10.1. The highest BCUT2D eigenvalue weighted by Gasteiger charge is 2.35. The average Bonchev–Trinajstić information content (AvgIpc) is 2.43. The third kappa shape index (κ3) is 6.53. The zero-order chi connectivity index (χ0) is 16.8. The van der Waals surface area contributed by atoms with Gasteiger partial charge in [0.1, 0.15) is 0 Å². The first-order valence-electron chi connectivity index (χ1n) is 8.44. The Morgan fingerprint density at radius 1 is 1.27 bits per heavy atom. The molecule has 0 aliphatic carbocycles. The maximum absolute atomic E-state index is 12.1. The lowest BCUT2D eigenvalue weighted by atomic mass is 9.88. The molecule has 0 unspecified atom stereocenters. The number of likely N-dealkylation sites (N-methyl/N-ethyl adjacent to an activating group) is 1. The van der Waals surface area contributed by atoms with Gasteiger partial charge < -0.3 is 20.3 Å². The molecule has 0 aromatic heterocycles. The van der Waals surface area contributed by atoms with E-state index in [-0.39, 0.29) is 17.6 Å². The molecule has 1 rings (SSSR count). The van der Waals surface area contributed by atoms with Gasteiger partial charge in [-0.25, -0.2) is 4.79 Å². The van der Waals surface area contributed by atoms with Gasteiger partial charge in [0.25, 0.3) is 0 Å². The van der Waals surface area contributed by atoms with Crippen LogP contribution in [0.2, 0.25) is 0 Å². The predicted octanol–water partition coefficient (Wildman–Crippen LogP) is 2.61. The fourth-order valence-corrected chi connectivity index (χ4v) is 2.77. The molecule has 2 amide bonds. The Kier molecular flexibility index (Phi) is 7.13. The highest BCUT2D eigenvalue weighted by molar-refractivity contribution is 5.74. The number of nitrogens with zero attached hydrogens (tertiary/aromatic N) is 1. The van der Waals surface area contributed by atoms with Gasteiger partial charge in [-0.05, 0) is 52.1 Å². The molecule has 1 atom stereocenters. The number of urea groups is 1. The minimum Gasteiger partial charge on any atom is -0.381 e. The number of nitrogens with one attached hydrogen (secondary N) is 2. The van der Waals surface area contributed by atoms with Crippen molar-refractivity contribution in [1.82, 2.24) is 15.5 Å². The fraction of sp³-hybridized carbons (Fsp3) is 0.941. The van der Waals surface area contributed by atoms with Gasteiger partial charge in [0.2, 0.25) is 0 Å². The second kappa shape index (κ2) is 8.16. The number of hydrogen-bond donors (Lipinski definition) is 2.